The van der Waals surface area contributed by atoms with E-state index in [1.165, 1.54) is 4.31 Å². The molecule has 1 aromatic carbocycles. The van der Waals surface area contributed by atoms with Gasteiger partial charge in [0.05, 0.1) is 21.9 Å². The molecular formula is C21H31N3O4S. The van der Waals surface area contributed by atoms with Gasteiger partial charge in [-0.05, 0) is 70.7 Å². The van der Waals surface area contributed by atoms with E-state index in [1.807, 2.05) is 34.6 Å². The van der Waals surface area contributed by atoms with E-state index >= 15 is 0 Å². The molecule has 1 atom stereocenters. The van der Waals surface area contributed by atoms with Gasteiger partial charge in [0.25, 0.3) is 0 Å². The first-order chi connectivity index (χ1) is 13.4. The Hall–Kier alpha value is -1.93. The minimum absolute atomic E-state index is 0.0191. The molecule has 0 aliphatic carbocycles. The van der Waals surface area contributed by atoms with Gasteiger partial charge in [0.15, 0.2) is 0 Å². The van der Waals surface area contributed by atoms with E-state index in [4.69, 9.17) is 0 Å². The third-order valence-corrected chi connectivity index (χ3v) is 7.79. The third kappa shape index (κ3) is 3.68. The van der Waals surface area contributed by atoms with Crippen molar-refractivity contribution in [3.05, 3.63) is 23.3 Å². The minimum atomic E-state index is -3.76. The van der Waals surface area contributed by atoms with Crippen LogP contribution in [0.15, 0.2) is 17.0 Å². The van der Waals surface area contributed by atoms with Gasteiger partial charge in [-0.15, -0.1) is 0 Å². The summed E-state index contributed by atoms with van der Waals surface area (Å²) in [5, 5.41) is 2.88. The molecule has 2 aliphatic heterocycles. The average molecular weight is 422 g/mol. The number of benzene rings is 1. The molecule has 1 N–H and O–H groups in total. The number of nitrogens with zero attached hydrogens (tertiary/aromatic N) is 2. The lowest BCUT2D eigenvalue weighted by Crippen LogP contribution is -2.46. The van der Waals surface area contributed by atoms with E-state index in [2.05, 4.69) is 5.32 Å². The van der Waals surface area contributed by atoms with E-state index in [0.29, 0.717) is 19.4 Å². The summed E-state index contributed by atoms with van der Waals surface area (Å²) in [4.78, 5) is 26.8. The molecule has 0 saturated carbocycles. The normalized spacial score (nSPS) is 22.1. The second kappa shape index (κ2) is 7.40. The van der Waals surface area contributed by atoms with E-state index < -0.39 is 15.4 Å². The van der Waals surface area contributed by atoms with Crippen molar-refractivity contribution < 1.29 is 18.0 Å². The van der Waals surface area contributed by atoms with Gasteiger partial charge in [0, 0.05) is 26.2 Å². The zero-order valence-corrected chi connectivity index (χ0v) is 18.9. The number of sulfonamides is 1. The molecule has 0 bridgehead atoms. The van der Waals surface area contributed by atoms with Crippen LogP contribution in [0.25, 0.3) is 0 Å². The zero-order valence-electron chi connectivity index (χ0n) is 18.1. The number of carbonyl (C=O) groups excluding carboxylic acids is 2. The quantitative estimate of drug-likeness (QED) is 0.807. The number of carbonyl (C=O) groups is 2. The molecule has 3 rings (SSSR count). The SMILES string of the molecule is Cc1cc(S(=O)(=O)N2CCCC(C(=O)NC(C)C)C2)cc2c1N(C)C(=O)C2(C)C. The maximum absolute atomic E-state index is 13.4. The van der Waals surface area contributed by atoms with Gasteiger partial charge in [-0.2, -0.15) is 4.31 Å². The highest BCUT2D eigenvalue weighted by Crippen LogP contribution is 2.44. The second-order valence-corrected chi connectivity index (χ2v) is 10.9. The van der Waals surface area contributed by atoms with Crippen molar-refractivity contribution in [2.45, 2.75) is 63.8 Å². The lowest BCUT2D eigenvalue weighted by molar-refractivity contribution is -0.126. The first-order valence-corrected chi connectivity index (χ1v) is 11.5. The molecule has 1 saturated heterocycles. The Bertz CT molecular complexity index is 953. The number of hydrogen-bond donors (Lipinski definition) is 1. The number of nitrogens with one attached hydrogen (secondary N) is 1. The van der Waals surface area contributed by atoms with E-state index in [0.717, 1.165) is 16.8 Å². The second-order valence-electron chi connectivity index (χ2n) is 8.99. The highest BCUT2D eigenvalue weighted by Gasteiger charge is 2.44. The monoisotopic (exact) mass is 421 g/mol. The van der Waals surface area contributed by atoms with Crippen LogP contribution in [0.3, 0.4) is 0 Å². The van der Waals surface area contributed by atoms with Crippen LogP contribution in [0.2, 0.25) is 0 Å². The number of likely N-dealkylation sites (N-methyl/N-ethyl adjacent to an activating group) is 1. The van der Waals surface area contributed by atoms with E-state index in [9.17, 15) is 18.0 Å². The predicted molar refractivity (Wildman–Crippen MR) is 112 cm³/mol. The van der Waals surface area contributed by atoms with E-state index in [1.54, 1.807) is 24.1 Å². The van der Waals surface area contributed by atoms with Crippen LogP contribution in [0, 0.1) is 12.8 Å². The fourth-order valence-electron chi connectivity index (χ4n) is 4.38. The van der Waals surface area contributed by atoms with Gasteiger partial charge in [-0.25, -0.2) is 8.42 Å². The molecule has 8 heteroatoms. The van der Waals surface area contributed by atoms with Gasteiger partial charge in [-0.3, -0.25) is 9.59 Å². The number of rotatable bonds is 4. The van der Waals surface area contributed by atoms with Crippen molar-refractivity contribution >= 4 is 27.5 Å². The fourth-order valence-corrected chi connectivity index (χ4v) is 6.02. The Kier molecular flexibility index (Phi) is 5.55. The van der Waals surface area contributed by atoms with Gasteiger partial charge in [-0.1, -0.05) is 0 Å². The van der Waals surface area contributed by atoms with Gasteiger partial charge < -0.3 is 10.2 Å². The minimum Gasteiger partial charge on any atom is -0.354 e. The van der Waals surface area contributed by atoms with Crippen molar-refractivity contribution in [1.29, 1.82) is 0 Å². The van der Waals surface area contributed by atoms with Gasteiger partial charge in [0.1, 0.15) is 0 Å². The van der Waals surface area contributed by atoms with Crippen molar-refractivity contribution in [2.24, 2.45) is 5.92 Å². The van der Waals surface area contributed by atoms with Crippen LogP contribution in [-0.2, 0) is 25.0 Å². The van der Waals surface area contributed by atoms with Crippen LogP contribution in [-0.4, -0.2) is 50.7 Å². The molecule has 29 heavy (non-hydrogen) atoms. The molecule has 0 radical (unpaired) electrons. The van der Waals surface area contributed by atoms with Gasteiger partial charge in [0.2, 0.25) is 21.8 Å². The van der Waals surface area contributed by atoms with E-state index in [-0.39, 0.29) is 35.2 Å². The lowest BCUT2D eigenvalue weighted by atomic mass is 9.85. The summed E-state index contributed by atoms with van der Waals surface area (Å²) in [5.74, 6) is -0.493. The summed E-state index contributed by atoms with van der Waals surface area (Å²) in [5.41, 5.74) is 1.50. The summed E-state index contributed by atoms with van der Waals surface area (Å²) in [6, 6.07) is 3.29. The highest BCUT2D eigenvalue weighted by atomic mass is 32.2. The number of anilines is 1. The Morgan fingerprint density at radius 2 is 1.93 bits per heavy atom. The van der Waals surface area contributed by atoms with Crippen LogP contribution in [0.1, 0.15) is 51.7 Å². The number of fused-ring (bicyclic) bond motifs is 1. The molecule has 2 aliphatic rings. The fraction of sp³-hybridized carbons (Fsp3) is 0.619. The van der Waals surface area contributed by atoms with Crippen LogP contribution in [0.5, 0.6) is 0 Å². The Labute approximate surface area is 173 Å². The molecule has 2 amide bonds. The number of hydrogen-bond acceptors (Lipinski definition) is 4. The maximum atomic E-state index is 13.4. The smallest absolute Gasteiger partial charge is 0.243 e. The summed E-state index contributed by atoms with van der Waals surface area (Å²) >= 11 is 0. The molecule has 2 heterocycles. The first-order valence-electron chi connectivity index (χ1n) is 10.1. The van der Waals surface area contributed by atoms with Crippen LogP contribution < -0.4 is 10.2 Å². The summed E-state index contributed by atoms with van der Waals surface area (Å²) in [6.07, 6.45) is 1.33. The molecule has 0 spiro atoms. The Morgan fingerprint density at radius 1 is 1.28 bits per heavy atom. The molecule has 1 unspecified atom stereocenters. The molecule has 0 aromatic heterocycles. The Morgan fingerprint density at radius 3 is 2.55 bits per heavy atom. The summed E-state index contributed by atoms with van der Waals surface area (Å²) < 4.78 is 28.2. The zero-order chi connectivity index (χ0) is 21.7. The van der Waals surface area contributed by atoms with Crippen molar-refractivity contribution in [1.82, 2.24) is 9.62 Å². The number of amides is 2. The molecule has 1 aromatic rings. The van der Waals surface area contributed by atoms with Crippen LogP contribution >= 0.6 is 0 Å². The molecule has 7 nitrogen and oxygen atoms in total. The molecular weight excluding hydrogens is 390 g/mol. The number of piperidine rings is 1. The molecule has 1 fully saturated rings. The third-order valence-electron chi connectivity index (χ3n) is 5.95. The number of aryl methyl sites for hydroxylation is 1. The topological polar surface area (TPSA) is 86.8 Å². The van der Waals surface area contributed by atoms with Gasteiger partial charge >= 0.3 is 0 Å². The molecule has 160 valence electrons. The van der Waals surface area contributed by atoms with Crippen molar-refractivity contribution in [2.75, 3.05) is 25.0 Å². The maximum Gasteiger partial charge on any atom is 0.243 e. The summed E-state index contributed by atoms with van der Waals surface area (Å²) in [6.45, 7) is 9.83. The average Bonchev–Trinajstić information content (AvgIpc) is 2.82. The summed E-state index contributed by atoms with van der Waals surface area (Å²) in [7, 11) is -2.04. The first kappa shape index (κ1) is 21.8. The van der Waals surface area contributed by atoms with Crippen molar-refractivity contribution in [3.8, 4) is 0 Å². The lowest BCUT2D eigenvalue weighted by Gasteiger charge is -2.32. The standard InChI is InChI=1S/C21H31N3O4S/c1-13(2)22-19(25)15-8-7-9-24(12-15)29(27,28)16-10-14(3)18-17(11-16)21(4,5)20(26)23(18)6/h10-11,13,15H,7-9,12H2,1-6H3,(H,22,25). The van der Waals surface area contributed by atoms with Crippen LogP contribution in [0.4, 0.5) is 5.69 Å². The highest BCUT2D eigenvalue weighted by molar-refractivity contribution is 7.89. The van der Waals surface area contributed by atoms with Crippen molar-refractivity contribution in [3.63, 3.8) is 0 Å². The predicted octanol–water partition coefficient (Wildman–Crippen LogP) is 2.17. The Balaban J connectivity index is 1.95. The largest absolute Gasteiger partial charge is 0.354 e.